The fourth-order valence-corrected chi connectivity index (χ4v) is 4.50. The van der Waals surface area contributed by atoms with Gasteiger partial charge >= 0.3 is 0 Å². The second-order valence-electron chi connectivity index (χ2n) is 6.92. The molecular formula is C20H27N5OS. The first-order chi connectivity index (χ1) is 13.1. The smallest absolute Gasteiger partial charge is 0.217 e. The van der Waals surface area contributed by atoms with Crippen LogP contribution >= 0.6 is 11.3 Å². The van der Waals surface area contributed by atoms with E-state index in [-0.39, 0.29) is 5.91 Å². The maximum atomic E-state index is 11.2. The number of primary amides is 1. The molecule has 2 aromatic rings. The summed E-state index contributed by atoms with van der Waals surface area (Å²) in [5.41, 5.74) is 7.56. The molecule has 1 saturated heterocycles. The first kappa shape index (κ1) is 19.4. The van der Waals surface area contributed by atoms with Gasteiger partial charge in [0.25, 0.3) is 0 Å². The van der Waals surface area contributed by atoms with Gasteiger partial charge in [0.15, 0.2) is 5.96 Å². The molecule has 1 atom stereocenters. The monoisotopic (exact) mass is 385 g/mol. The lowest BCUT2D eigenvalue weighted by Crippen LogP contribution is -2.46. The van der Waals surface area contributed by atoms with Crippen molar-refractivity contribution >= 4 is 23.2 Å². The fourth-order valence-electron chi connectivity index (χ4n) is 3.50. The van der Waals surface area contributed by atoms with Crippen molar-refractivity contribution in [2.75, 3.05) is 20.1 Å². The number of hydrogen-bond donors (Lipinski definition) is 2. The van der Waals surface area contributed by atoms with Crippen LogP contribution in [-0.4, -0.2) is 41.9 Å². The highest BCUT2D eigenvalue weighted by Crippen LogP contribution is 2.27. The van der Waals surface area contributed by atoms with Gasteiger partial charge in [-0.15, -0.1) is 11.3 Å². The van der Waals surface area contributed by atoms with Gasteiger partial charge in [-0.3, -0.25) is 9.79 Å². The number of nitrogens with two attached hydrogens (primary N) is 1. The topological polar surface area (TPSA) is 83.6 Å². The van der Waals surface area contributed by atoms with Crippen molar-refractivity contribution in [2.24, 2.45) is 16.6 Å². The zero-order valence-corrected chi connectivity index (χ0v) is 16.8. The van der Waals surface area contributed by atoms with Crippen molar-refractivity contribution in [2.45, 2.75) is 32.7 Å². The van der Waals surface area contributed by atoms with Gasteiger partial charge in [0, 0.05) is 37.0 Å². The van der Waals surface area contributed by atoms with Crippen LogP contribution in [-0.2, 0) is 11.3 Å². The first-order valence-corrected chi connectivity index (χ1v) is 10.1. The molecule has 7 heteroatoms. The normalized spacial score (nSPS) is 17.8. The molecule has 0 radical (unpaired) electrons. The molecule has 0 saturated carbocycles. The molecule has 1 aromatic carbocycles. The molecule has 0 spiro atoms. The lowest BCUT2D eigenvalue weighted by Gasteiger charge is -2.34. The van der Waals surface area contributed by atoms with Crippen LogP contribution in [0, 0.1) is 12.8 Å². The number of amides is 1. The minimum absolute atomic E-state index is 0.224. The molecule has 27 heavy (non-hydrogen) atoms. The number of aryl methyl sites for hydroxylation is 1. The number of rotatable bonds is 5. The third-order valence-corrected chi connectivity index (χ3v) is 6.05. The van der Waals surface area contributed by atoms with E-state index < -0.39 is 0 Å². The maximum absolute atomic E-state index is 11.2. The van der Waals surface area contributed by atoms with Crippen molar-refractivity contribution in [1.82, 2.24) is 15.2 Å². The standard InChI is InChI=1S/C20H27N5OS/c1-14-17(27-19(24-14)16-8-4-3-5-9-16)12-23-20(22-2)25-10-6-7-15(13-25)11-18(21)26/h3-5,8-9,15H,6-7,10-13H2,1-2H3,(H2,21,26)(H,22,23). The second kappa shape index (κ2) is 8.99. The Balaban J connectivity index is 1.63. The molecule has 3 N–H and O–H groups in total. The van der Waals surface area contributed by atoms with Crippen LogP contribution in [0.5, 0.6) is 0 Å². The third kappa shape index (κ3) is 5.07. The zero-order chi connectivity index (χ0) is 19.2. The van der Waals surface area contributed by atoms with Crippen LogP contribution in [0.15, 0.2) is 35.3 Å². The van der Waals surface area contributed by atoms with E-state index in [9.17, 15) is 4.79 Å². The number of aromatic nitrogens is 1. The summed E-state index contributed by atoms with van der Waals surface area (Å²) in [5.74, 6) is 0.960. The van der Waals surface area contributed by atoms with Crippen molar-refractivity contribution in [3.8, 4) is 10.6 Å². The van der Waals surface area contributed by atoms with Crippen LogP contribution in [0.1, 0.15) is 29.8 Å². The summed E-state index contributed by atoms with van der Waals surface area (Å²) in [7, 11) is 1.80. The molecule has 0 aliphatic carbocycles. The number of carbonyl (C=O) groups is 1. The van der Waals surface area contributed by atoms with Crippen molar-refractivity contribution < 1.29 is 4.79 Å². The molecular weight excluding hydrogens is 358 g/mol. The second-order valence-corrected chi connectivity index (χ2v) is 8.00. The van der Waals surface area contributed by atoms with Gasteiger partial charge in [-0.25, -0.2) is 4.98 Å². The van der Waals surface area contributed by atoms with Crippen LogP contribution in [0.3, 0.4) is 0 Å². The SMILES string of the molecule is CN=C(NCc1sc(-c2ccccc2)nc1C)N1CCCC(CC(N)=O)C1. The molecule has 3 rings (SSSR count). The fraction of sp³-hybridized carbons (Fsp3) is 0.450. The predicted octanol–water partition coefficient (Wildman–Crippen LogP) is 2.78. The minimum atomic E-state index is -0.224. The van der Waals surface area contributed by atoms with Crippen LogP contribution in [0.2, 0.25) is 0 Å². The first-order valence-electron chi connectivity index (χ1n) is 9.32. The van der Waals surface area contributed by atoms with E-state index in [1.807, 2.05) is 25.1 Å². The van der Waals surface area contributed by atoms with E-state index in [0.717, 1.165) is 48.2 Å². The van der Waals surface area contributed by atoms with Crippen molar-refractivity contribution in [3.63, 3.8) is 0 Å². The molecule has 0 bridgehead atoms. The summed E-state index contributed by atoms with van der Waals surface area (Å²) in [4.78, 5) is 23.8. The van der Waals surface area contributed by atoms with Gasteiger partial charge in [0.1, 0.15) is 5.01 Å². The average molecular weight is 386 g/mol. The van der Waals surface area contributed by atoms with E-state index in [4.69, 9.17) is 10.7 Å². The van der Waals surface area contributed by atoms with Crippen molar-refractivity contribution in [1.29, 1.82) is 0 Å². The van der Waals surface area contributed by atoms with Gasteiger partial charge < -0.3 is 16.0 Å². The van der Waals surface area contributed by atoms with Gasteiger partial charge in [0.05, 0.1) is 12.2 Å². The number of aliphatic imine (C=N–C) groups is 1. The molecule has 1 aliphatic heterocycles. The average Bonchev–Trinajstić information content (AvgIpc) is 3.04. The number of nitrogens with one attached hydrogen (secondary N) is 1. The Hall–Kier alpha value is -2.41. The maximum Gasteiger partial charge on any atom is 0.217 e. The summed E-state index contributed by atoms with van der Waals surface area (Å²) in [5, 5.41) is 4.51. The number of likely N-dealkylation sites (tertiary alicyclic amines) is 1. The lowest BCUT2D eigenvalue weighted by atomic mass is 9.95. The predicted molar refractivity (Wildman–Crippen MR) is 111 cm³/mol. The number of guanidine groups is 1. The lowest BCUT2D eigenvalue weighted by molar-refractivity contribution is -0.119. The molecule has 6 nitrogen and oxygen atoms in total. The van der Waals surface area contributed by atoms with Gasteiger partial charge in [0.2, 0.25) is 5.91 Å². The molecule has 1 aliphatic rings. The minimum Gasteiger partial charge on any atom is -0.370 e. The molecule has 1 fully saturated rings. The zero-order valence-electron chi connectivity index (χ0n) is 15.9. The Kier molecular flexibility index (Phi) is 6.45. The number of hydrogen-bond acceptors (Lipinski definition) is 4. The number of thiazole rings is 1. The molecule has 144 valence electrons. The Morgan fingerprint density at radius 2 is 2.19 bits per heavy atom. The summed E-state index contributed by atoms with van der Waals surface area (Å²) in [6, 6.07) is 10.2. The number of nitrogens with zero attached hydrogens (tertiary/aromatic N) is 3. The highest BCUT2D eigenvalue weighted by molar-refractivity contribution is 7.15. The number of carbonyl (C=O) groups excluding carboxylic acids is 1. The molecule has 1 amide bonds. The number of benzene rings is 1. The molecule has 1 aromatic heterocycles. The van der Waals surface area contributed by atoms with E-state index in [2.05, 4.69) is 27.3 Å². The third-order valence-electron chi connectivity index (χ3n) is 4.84. The number of piperidine rings is 1. The summed E-state index contributed by atoms with van der Waals surface area (Å²) in [6.07, 6.45) is 2.54. The van der Waals surface area contributed by atoms with Gasteiger partial charge in [-0.2, -0.15) is 0 Å². The van der Waals surface area contributed by atoms with Gasteiger partial charge in [-0.05, 0) is 25.7 Å². The van der Waals surface area contributed by atoms with E-state index >= 15 is 0 Å². The van der Waals surface area contributed by atoms with Crippen LogP contribution in [0.4, 0.5) is 0 Å². The summed E-state index contributed by atoms with van der Waals surface area (Å²) < 4.78 is 0. The Bertz CT molecular complexity index is 802. The van der Waals surface area contributed by atoms with E-state index in [1.165, 1.54) is 4.88 Å². The van der Waals surface area contributed by atoms with E-state index in [0.29, 0.717) is 18.9 Å². The Morgan fingerprint density at radius 1 is 1.41 bits per heavy atom. The van der Waals surface area contributed by atoms with E-state index in [1.54, 1.807) is 18.4 Å². The quantitative estimate of drug-likeness (QED) is 0.612. The Morgan fingerprint density at radius 3 is 2.89 bits per heavy atom. The van der Waals surface area contributed by atoms with Gasteiger partial charge in [-0.1, -0.05) is 30.3 Å². The molecule has 2 heterocycles. The highest BCUT2D eigenvalue weighted by Gasteiger charge is 2.23. The van der Waals surface area contributed by atoms with Crippen molar-refractivity contribution in [3.05, 3.63) is 40.9 Å². The molecule has 1 unspecified atom stereocenters. The largest absolute Gasteiger partial charge is 0.370 e. The summed E-state index contributed by atoms with van der Waals surface area (Å²) in [6.45, 7) is 4.51. The van der Waals surface area contributed by atoms with Crippen LogP contribution < -0.4 is 11.1 Å². The van der Waals surface area contributed by atoms with Crippen LogP contribution in [0.25, 0.3) is 10.6 Å². The summed E-state index contributed by atoms with van der Waals surface area (Å²) >= 11 is 1.71. The Labute approximate surface area is 164 Å². The highest BCUT2D eigenvalue weighted by atomic mass is 32.1.